The summed E-state index contributed by atoms with van der Waals surface area (Å²) < 4.78 is 34.2. The summed E-state index contributed by atoms with van der Waals surface area (Å²) >= 11 is 0. The van der Waals surface area contributed by atoms with Crippen molar-refractivity contribution in [1.82, 2.24) is 0 Å². The zero-order chi connectivity index (χ0) is 30.9. The summed E-state index contributed by atoms with van der Waals surface area (Å²) in [7, 11) is 0. The molecule has 2 fully saturated rings. The quantitative estimate of drug-likeness (QED) is 0.202. The highest BCUT2D eigenvalue weighted by Crippen LogP contribution is 2.65. The van der Waals surface area contributed by atoms with E-state index in [1.807, 2.05) is 0 Å². The Kier molecular flexibility index (Phi) is 7.42. The molecule has 4 rings (SSSR count). The Hall–Kier alpha value is -3.29. The van der Waals surface area contributed by atoms with Crippen LogP contribution in [0.1, 0.15) is 55.4 Å². The molecule has 0 unspecified atom stereocenters. The SMILES string of the molecule is CC(=O)O[C@@H]1[C@H]2[C@](C)(O)[C@H](OC(C)=O)C=C[C@]2(C)[C@@H](OC(C)=O)[C@H](O)[C@@H](OC(C)=O)/C(C)=C\[C@@H]2OC(=O)[C@]3(C)O[C@@]213. The van der Waals surface area contributed by atoms with Crippen LogP contribution in [-0.4, -0.2) is 93.5 Å². The second-order valence-corrected chi connectivity index (χ2v) is 11.7. The molecule has 41 heavy (non-hydrogen) atoms. The molecule has 0 aromatic heterocycles. The molecule has 0 aromatic rings. The Balaban J connectivity index is 2.09. The molecule has 0 saturated carbocycles. The molecule has 0 aromatic carbocycles. The minimum absolute atomic E-state index is 0.231. The average Bonchev–Trinajstić information content (AvgIpc) is 3.42. The zero-order valence-electron chi connectivity index (χ0n) is 24.2. The maximum Gasteiger partial charge on any atom is 0.342 e. The molecule has 1 spiro atoms. The fourth-order valence-corrected chi connectivity index (χ4v) is 6.88. The molecule has 0 amide bonds. The molecule has 226 valence electrons. The van der Waals surface area contributed by atoms with Crippen molar-refractivity contribution in [1.29, 1.82) is 0 Å². The van der Waals surface area contributed by atoms with E-state index in [2.05, 4.69) is 0 Å². The predicted molar refractivity (Wildman–Crippen MR) is 135 cm³/mol. The Labute approximate surface area is 236 Å². The lowest BCUT2D eigenvalue weighted by Gasteiger charge is -2.55. The normalized spacial score (nSPS) is 45.9. The number of aliphatic hydroxyl groups excluding tert-OH is 1. The van der Waals surface area contributed by atoms with Crippen molar-refractivity contribution in [3.63, 3.8) is 0 Å². The van der Waals surface area contributed by atoms with E-state index in [1.54, 1.807) is 0 Å². The van der Waals surface area contributed by atoms with Crippen molar-refractivity contribution in [2.75, 3.05) is 0 Å². The van der Waals surface area contributed by atoms with Crippen LogP contribution in [0.25, 0.3) is 0 Å². The number of carbonyl (C=O) groups excluding carboxylic acids is 5. The monoisotopic (exact) mass is 580 g/mol. The molecule has 2 heterocycles. The molecule has 2 aliphatic carbocycles. The van der Waals surface area contributed by atoms with Crippen LogP contribution in [0.3, 0.4) is 0 Å². The molecule has 13 heteroatoms. The fourth-order valence-electron chi connectivity index (χ4n) is 6.88. The first-order valence-electron chi connectivity index (χ1n) is 13.2. The van der Waals surface area contributed by atoms with Gasteiger partial charge in [-0.25, -0.2) is 4.79 Å². The molecular weight excluding hydrogens is 544 g/mol. The molecule has 0 bridgehead atoms. The summed E-state index contributed by atoms with van der Waals surface area (Å²) in [6.07, 6.45) is -4.40. The lowest BCUT2D eigenvalue weighted by Crippen LogP contribution is -2.69. The number of epoxide rings is 1. The number of rotatable bonds is 4. The van der Waals surface area contributed by atoms with Crippen LogP contribution in [0, 0.1) is 11.3 Å². The van der Waals surface area contributed by atoms with E-state index in [0.717, 1.165) is 27.7 Å². The fraction of sp³-hybridized carbons (Fsp3) is 0.679. The van der Waals surface area contributed by atoms with Crippen LogP contribution in [0.2, 0.25) is 0 Å². The Bertz CT molecular complexity index is 1240. The van der Waals surface area contributed by atoms with Crippen molar-refractivity contribution in [2.45, 2.75) is 109 Å². The summed E-state index contributed by atoms with van der Waals surface area (Å²) in [5.41, 5.74) is -6.81. The van der Waals surface area contributed by atoms with Crippen LogP contribution in [0.5, 0.6) is 0 Å². The summed E-state index contributed by atoms with van der Waals surface area (Å²) in [6.45, 7) is 10.4. The molecule has 2 saturated heterocycles. The molecule has 11 atom stereocenters. The Morgan fingerprint density at radius 3 is 1.93 bits per heavy atom. The third kappa shape index (κ3) is 4.63. The van der Waals surface area contributed by atoms with Crippen LogP contribution >= 0.6 is 0 Å². The molecule has 4 aliphatic rings. The van der Waals surface area contributed by atoms with Gasteiger partial charge in [0.2, 0.25) is 0 Å². The molecule has 13 nitrogen and oxygen atoms in total. The second kappa shape index (κ2) is 9.92. The average molecular weight is 581 g/mol. The third-order valence-electron chi connectivity index (χ3n) is 8.62. The molecule has 2 aliphatic heterocycles. The molecule has 0 radical (unpaired) electrons. The number of carbonyl (C=O) groups is 5. The molecule has 2 N–H and O–H groups in total. The van der Waals surface area contributed by atoms with Crippen molar-refractivity contribution >= 4 is 29.8 Å². The lowest BCUT2D eigenvalue weighted by molar-refractivity contribution is -0.230. The van der Waals surface area contributed by atoms with E-state index in [-0.39, 0.29) is 5.57 Å². The highest BCUT2D eigenvalue weighted by Gasteiger charge is 2.88. The van der Waals surface area contributed by atoms with Gasteiger partial charge in [-0.15, -0.1) is 0 Å². The van der Waals surface area contributed by atoms with Crippen molar-refractivity contribution in [2.24, 2.45) is 11.3 Å². The second-order valence-electron chi connectivity index (χ2n) is 11.7. The van der Waals surface area contributed by atoms with Gasteiger partial charge in [-0.1, -0.05) is 13.0 Å². The van der Waals surface area contributed by atoms with E-state index < -0.39 is 94.6 Å². The number of hydrogen-bond acceptors (Lipinski definition) is 13. The minimum atomic E-state index is -2.08. The predicted octanol–water partition coefficient (Wildman–Crippen LogP) is 0.430. The van der Waals surface area contributed by atoms with Crippen LogP contribution in [0.15, 0.2) is 23.8 Å². The number of hydrogen-bond donors (Lipinski definition) is 2. The highest BCUT2D eigenvalue weighted by molar-refractivity contribution is 5.89. The van der Waals surface area contributed by atoms with Crippen molar-refractivity contribution < 1.29 is 62.6 Å². The van der Waals surface area contributed by atoms with E-state index in [0.29, 0.717) is 0 Å². The highest BCUT2D eigenvalue weighted by atomic mass is 16.7. The summed E-state index contributed by atoms with van der Waals surface area (Å²) in [4.78, 5) is 62.3. The lowest BCUT2D eigenvalue weighted by atomic mass is 9.55. The zero-order valence-corrected chi connectivity index (χ0v) is 24.2. The first-order chi connectivity index (χ1) is 18.8. The topological polar surface area (TPSA) is 184 Å². The van der Waals surface area contributed by atoms with Gasteiger partial charge in [-0.05, 0) is 38.5 Å². The van der Waals surface area contributed by atoms with Gasteiger partial charge in [0.25, 0.3) is 0 Å². The van der Waals surface area contributed by atoms with Gasteiger partial charge in [0.1, 0.15) is 30.0 Å². The van der Waals surface area contributed by atoms with E-state index in [9.17, 15) is 34.2 Å². The maximum absolute atomic E-state index is 13.1. The first-order valence-corrected chi connectivity index (χ1v) is 13.2. The number of fused-ring (bicyclic) bond motifs is 1. The van der Waals surface area contributed by atoms with Gasteiger partial charge in [0.15, 0.2) is 23.4 Å². The third-order valence-corrected chi connectivity index (χ3v) is 8.62. The van der Waals surface area contributed by atoms with Crippen molar-refractivity contribution in [3.8, 4) is 0 Å². The Morgan fingerprint density at radius 1 is 0.878 bits per heavy atom. The standard InChI is InChI=1S/C28H36O13/c1-12-11-18-28(27(8,41-28)24(34)40-18)23(39-16(5)32)21-25(6,10-9-17(26(21,7)35)36-13(2)29)22(38-15(4)31)19(33)20(12)37-14(3)30/h9-11,17-23,33,35H,1-8H3/b12-11-/t17-,18+,19-,20+,21-,22+,23-,25+,26-,27+,28+/m1/s1. The summed E-state index contributed by atoms with van der Waals surface area (Å²) in [5, 5.41) is 23.9. The van der Waals surface area contributed by atoms with Gasteiger partial charge in [0, 0.05) is 39.0 Å². The first kappa shape index (κ1) is 30.7. The number of ether oxygens (including phenoxy) is 6. The summed E-state index contributed by atoms with van der Waals surface area (Å²) in [6, 6.07) is 0. The van der Waals surface area contributed by atoms with Gasteiger partial charge >= 0.3 is 29.8 Å². The van der Waals surface area contributed by atoms with Gasteiger partial charge < -0.3 is 38.6 Å². The van der Waals surface area contributed by atoms with E-state index in [4.69, 9.17) is 28.4 Å². The van der Waals surface area contributed by atoms with Crippen LogP contribution in [0.4, 0.5) is 0 Å². The van der Waals surface area contributed by atoms with Gasteiger partial charge in [0.05, 0.1) is 0 Å². The van der Waals surface area contributed by atoms with Crippen molar-refractivity contribution in [3.05, 3.63) is 23.8 Å². The van der Waals surface area contributed by atoms with E-state index >= 15 is 0 Å². The van der Waals surface area contributed by atoms with Gasteiger partial charge in [-0.3, -0.25) is 19.2 Å². The Morgan fingerprint density at radius 2 is 1.41 bits per heavy atom. The maximum atomic E-state index is 13.1. The molecular formula is C28H36O13. The number of esters is 5. The van der Waals surface area contributed by atoms with Crippen LogP contribution < -0.4 is 0 Å². The van der Waals surface area contributed by atoms with Crippen LogP contribution in [-0.2, 0) is 52.4 Å². The smallest absolute Gasteiger partial charge is 0.342 e. The number of aliphatic hydroxyl groups is 2. The van der Waals surface area contributed by atoms with Gasteiger partial charge in [-0.2, -0.15) is 0 Å². The minimum Gasteiger partial charge on any atom is -0.459 e. The van der Waals surface area contributed by atoms with E-state index in [1.165, 1.54) is 45.9 Å². The largest absolute Gasteiger partial charge is 0.459 e. The summed E-state index contributed by atoms with van der Waals surface area (Å²) in [5.74, 6) is -5.23.